The van der Waals surface area contributed by atoms with Gasteiger partial charge in [0, 0.05) is 19.3 Å². The molecule has 8 nitrogen and oxygen atoms in total. The van der Waals surface area contributed by atoms with Crippen LogP contribution in [0.3, 0.4) is 0 Å². The van der Waals surface area contributed by atoms with Gasteiger partial charge in [-0.05, 0) is 51.4 Å². The summed E-state index contributed by atoms with van der Waals surface area (Å²) in [5.41, 5.74) is 0. The first kappa shape index (κ1) is 50.8. The monoisotopic (exact) mass is 751 g/mol. The summed E-state index contributed by atoms with van der Waals surface area (Å²) in [6, 6.07) is -0.616. The van der Waals surface area contributed by atoms with Crippen molar-refractivity contribution >= 4 is 17.9 Å². The predicted molar refractivity (Wildman–Crippen MR) is 220 cm³/mol. The Morgan fingerprint density at radius 3 is 1.47 bits per heavy atom. The van der Waals surface area contributed by atoms with E-state index in [1.54, 1.807) is 0 Å². The Morgan fingerprint density at radius 1 is 0.547 bits per heavy atom. The third-order valence-corrected chi connectivity index (χ3v) is 9.84. The summed E-state index contributed by atoms with van der Waals surface area (Å²) in [6.07, 6.45) is 39.8. The van der Waals surface area contributed by atoms with Gasteiger partial charge in [0.15, 0.2) is 12.1 Å². The summed E-state index contributed by atoms with van der Waals surface area (Å²) >= 11 is 0. The highest BCUT2D eigenvalue weighted by molar-refractivity contribution is 5.72. The van der Waals surface area contributed by atoms with Gasteiger partial charge in [-0.3, -0.25) is 9.59 Å². The van der Waals surface area contributed by atoms with Crippen LogP contribution in [0.1, 0.15) is 194 Å². The predicted octanol–water partition coefficient (Wildman–Crippen LogP) is 11.7. The number of aliphatic carboxylic acids is 1. The lowest BCUT2D eigenvalue weighted by Gasteiger charge is -2.31. The molecule has 53 heavy (non-hydrogen) atoms. The van der Waals surface area contributed by atoms with Gasteiger partial charge in [0.2, 0.25) is 0 Å². The first-order chi connectivity index (χ1) is 25.6. The molecule has 0 rings (SSSR count). The molecule has 0 aliphatic heterocycles. The number of esters is 2. The highest BCUT2D eigenvalue weighted by Crippen LogP contribution is 2.14. The fraction of sp³-hybridized carbons (Fsp3) is 0.844. The van der Waals surface area contributed by atoms with Gasteiger partial charge in [-0.25, -0.2) is 4.79 Å². The lowest BCUT2D eigenvalue weighted by Crippen LogP contribution is -2.50. The topological polar surface area (TPSA) is 99.1 Å². The van der Waals surface area contributed by atoms with Gasteiger partial charge in [-0.15, -0.1) is 0 Å². The SMILES string of the molecule is CCCCC/C=C/CCC(=O)OCC(COCCC(C(=O)O)[N+](C)(C)C)OC(=O)CCCCCCCCC/C=C/CCCCCCCCCCCCC. The normalized spacial score (nSPS) is 13.2. The second kappa shape index (κ2) is 36.8. The zero-order valence-corrected chi connectivity index (χ0v) is 35.2. The molecule has 0 aromatic rings. The molecule has 310 valence electrons. The molecule has 0 aliphatic rings. The summed E-state index contributed by atoms with van der Waals surface area (Å²) < 4.78 is 17.1. The number of allylic oxidation sites excluding steroid dienone is 4. The standard InChI is InChI=1S/C45H83NO7/c1-6-8-10-12-14-15-16-17-18-19-20-21-22-23-24-25-26-27-28-30-32-34-36-44(48)53-41(39-51-38-37-42(45(49)50)46(3,4)5)40-52-43(47)35-33-31-29-13-11-9-7-2/h22-23,29,31,41-42H,6-21,24-28,30,32-40H2,1-5H3/p+1/b23-22+,31-29+. The van der Waals surface area contributed by atoms with Gasteiger partial charge >= 0.3 is 17.9 Å². The molecule has 0 aromatic carbocycles. The van der Waals surface area contributed by atoms with E-state index in [1.165, 1.54) is 122 Å². The number of nitrogens with zero attached hydrogens (tertiary/aromatic N) is 1. The molecule has 8 heteroatoms. The van der Waals surface area contributed by atoms with Gasteiger partial charge in [-0.2, -0.15) is 0 Å². The maximum absolute atomic E-state index is 12.7. The molecule has 2 unspecified atom stereocenters. The minimum Gasteiger partial charge on any atom is -0.477 e. The van der Waals surface area contributed by atoms with Crippen LogP contribution in [0.4, 0.5) is 0 Å². The van der Waals surface area contributed by atoms with E-state index < -0.39 is 18.1 Å². The second-order valence-electron chi connectivity index (χ2n) is 15.9. The highest BCUT2D eigenvalue weighted by Gasteiger charge is 2.31. The van der Waals surface area contributed by atoms with Crippen molar-refractivity contribution in [2.24, 2.45) is 0 Å². The molecule has 0 amide bonds. The van der Waals surface area contributed by atoms with Crippen molar-refractivity contribution < 1.29 is 38.2 Å². The van der Waals surface area contributed by atoms with Crippen LogP contribution < -0.4 is 0 Å². The number of quaternary nitrogens is 1. The molecular weight excluding hydrogens is 666 g/mol. The van der Waals surface area contributed by atoms with Crippen LogP contribution in [0.25, 0.3) is 0 Å². The van der Waals surface area contributed by atoms with Crippen LogP contribution in [-0.4, -0.2) is 80.6 Å². The molecule has 0 aliphatic carbocycles. The van der Waals surface area contributed by atoms with Crippen molar-refractivity contribution in [1.82, 2.24) is 0 Å². The molecule has 0 radical (unpaired) electrons. The summed E-state index contributed by atoms with van der Waals surface area (Å²) in [5.74, 6) is -1.54. The molecule has 0 saturated heterocycles. The third kappa shape index (κ3) is 35.3. The van der Waals surface area contributed by atoms with E-state index in [0.29, 0.717) is 19.3 Å². The molecule has 0 spiro atoms. The van der Waals surface area contributed by atoms with E-state index in [1.807, 2.05) is 27.2 Å². The number of unbranched alkanes of at least 4 members (excludes halogenated alkanes) is 21. The number of rotatable bonds is 39. The summed E-state index contributed by atoms with van der Waals surface area (Å²) in [6.45, 7) is 4.63. The molecule has 0 fully saturated rings. The Kier molecular flexibility index (Phi) is 35.2. The summed E-state index contributed by atoms with van der Waals surface area (Å²) in [7, 11) is 5.51. The number of carboxylic acid groups (broad SMARTS) is 1. The van der Waals surface area contributed by atoms with Gasteiger partial charge in [0.1, 0.15) is 6.61 Å². The van der Waals surface area contributed by atoms with E-state index in [0.717, 1.165) is 32.1 Å². The minimum absolute atomic E-state index is 0.0500. The maximum Gasteiger partial charge on any atom is 0.362 e. The van der Waals surface area contributed by atoms with Crippen molar-refractivity contribution in [3.8, 4) is 0 Å². The van der Waals surface area contributed by atoms with Crippen LogP contribution in [-0.2, 0) is 28.6 Å². The van der Waals surface area contributed by atoms with E-state index in [4.69, 9.17) is 14.2 Å². The number of hydrogen-bond donors (Lipinski definition) is 1. The van der Waals surface area contributed by atoms with Crippen LogP contribution in [0.2, 0.25) is 0 Å². The third-order valence-electron chi connectivity index (χ3n) is 9.84. The molecule has 0 heterocycles. The zero-order valence-electron chi connectivity index (χ0n) is 35.2. The lowest BCUT2D eigenvalue weighted by atomic mass is 10.0. The number of likely N-dealkylation sites (N-methyl/N-ethyl adjacent to an activating group) is 1. The van der Waals surface area contributed by atoms with Crippen molar-refractivity contribution in [1.29, 1.82) is 0 Å². The molecule has 0 bridgehead atoms. The number of carbonyl (C=O) groups is 3. The Bertz CT molecular complexity index is 926. The first-order valence-electron chi connectivity index (χ1n) is 21.9. The Labute approximate surface area is 326 Å². The largest absolute Gasteiger partial charge is 0.477 e. The van der Waals surface area contributed by atoms with E-state index >= 15 is 0 Å². The maximum atomic E-state index is 12.7. The second-order valence-corrected chi connectivity index (χ2v) is 15.9. The molecular formula is C45H84NO7+. The Morgan fingerprint density at radius 2 is 0.981 bits per heavy atom. The average molecular weight is 751 g/mol. The fourth-order valence-electron chi connectivity index (χ4n) is 6.40. The highest BCUT2D eigenvalue weighted by atomic mass is 16.6. The van der Waals surface area contributed by atoms with Crippen LogP contribution in [0.15, 0.2) is 24.3 Å². The van der Waals surface area contributed by atoms with E-state index in [-0.39, 0.29) is 42.7 Å². The molecule has 2 atom stereocenters. The van der Waals surface area contributed by atoms with Crippen LogP contribution in [0, 0.1) is 0 Å². The number of hydrogen-bond acceptors (Lipinski definition) is 6. The molecule has 0 aromatic heterocycles. The summed E-state index contributed by atoms with van der Waals surface area (Å²) in [5, 5.41) is 9.58. The van der Waals surface area contributed by atoms with Crippen LogP contribution >= 0.6 is 0 Å². The minimum atomic E-state index is -0.880. The first-order valence-corrected chi connectivity index (χ1v) is 21.9. The Balaban J connectivity index is 4.18. The van der Waals surface area contributed by atoms with E-state index in [2.05, 4.69) is 32.1 Å². The zero-order chi connectivity index (χ0) is 39.3. The summed E-state index contributed by atoms with van der Waals surface area (Å²) in [4.78, 5) is 36.7. The van der Waals surface area contributed by atoms with Gasteiger partial charge in [0.05, 0.1) is 34.4 Å². The van der Waals surface area contributed by atoms with Crippen LogP contribution in [0.5, 0.6) is 0 Å². The quantitative estimate of drug-likeness (QED) is 0.0289. The number of carboxylic acids is 1. The smallest absolute Gasteiger partial charge is 0.362 e. The molecule has 1 N–H and O–H groups in total. The van der Waals surface area contributed by atoms with Gasteiger partial charge < -0.3 is 23.8 Å². The van der Waals surface area contributed by atoms with Gasteiger partial charge in [-0.1, -0.05) is 147 Å². The van der Waals surface area contributed by atoms with Crippen molar-refractivity contribution in [3.63, 3.8) is 0 Å². The fourth-order valence-corrected chi connectivity index (χ4v) is 6.40. The van der Waals surface area contributed by atoms with Crippen molar-refractivity contribution in [2.45, 2.75) is 206 Å². The van der Waals surface area contributed by atoms with Crippen molar-refractivity contribution in [3.05, 3.63) is 24.3 Å². The van der Waals surface area contributed by atoms with Crippen molar-refractivity contribution in [2.75, 3.05) is 41.0 Å². The van der Waals surface area contributed by atoms with E-state index in [9.17, 15) is 19.5 Å². The lowest BCUT2D eigenvalue weighted by molar-refractivity contribution is -0.887. The Hall–Kier alpha value is -2.19. The number of carbonyl (C=O) groups excluding carboxylic acids is 2. The van der Waals surface area contributed by atoms with Gasteiger partial charge in [0.25, 0.3) is 0 Å². The molecule has 0 saturated carbocycles. The average Bonchev–Trinajstić information content (AvgIpc) is 3.11. The number of ether oxygens (including phenoxy) is 3.